The second kappa shape index (κ2) is 4.03. The van der Waals surface area contributed by atoms with Crippen LogP contribution in [0.4, 0.5) is 0 Å². The van der Waals surface area contributed by atoms with E-state index in [4.69, 9.17) is 5.53 Å². The van der Waals surface area contributed by atoms with Gasteiger partial charge in [0.15, 0.2) is 0 Å². The summed E-state index contributed by atoms with van der Waals surface area (Å²) in [7, 11) is 0. The van der Waals surface area contributed by atoms with Crippen molar-refractivity contribution in [2.75, 3.05) is 19.6 Å². The molecule has 76 valence electrons. The third kappa shape index (κ3) is 1.63. The van der Waals surface area contributed by atoms with Gasteiger partial charge in [-0.25, -0.2) is 0 Å². The molecule has 0 aromatic heterocycles. The maximum Gasteiger partial charge on any atom is 0.0414 e. The fourth-order valence-electron chi connectivity index (χ4n) is 2.77. The van der Waals surface area contributed by atoms with Crippen LogP contribution in [0.5, 0.6) is 0 Å². The lowest BCUT2D eigenvalue weighted by Gasteiger charge is -2.48. The molecule has 0 aliphatic carbocycles. The van der Waals surface area contributed by atoms with E-state index in [1.54, 1.807) is 0 Å². The first-order valence-corrected chi connectivity index (χ1v) is 5.22. The molecule has 3 fully saturated rings. The summed E-state index contributed by atoms with van der Waals surface area (Å²) in [6.07, 6.45) is 4.54. The molecule has 4 nitrogen and oxygen atoms in total. The number of hydrogen-bond acceptors (Lipinski definition) is 2. The van der Waals surface area contributed by atoms with Crippen LogP contribution in [0.1, 0.15) is 12.8 Å². The number of hydrogen-bond donors (Lipinski definition) is 0. The van der Waals surface area contributed by atoms with Crippen molar-refractivity contribution in [2.45, 2.75) is 18.9 Å². The molecule has 14 heavy (non-hydrogen) atoms. The van der Waals surface area contributed by atoms with Crippen molar-refractivity contribution >= 4 is 0 Å². The zero-order chi connectivity index (χ0) is 9.97. The van der Waals surface area contributed by atoms with E-state index in [2.05, 4.69) is 27.6 Å². The van der Waals surface area contributed by atoms with E-state index in [0.29, 0.717) is 18.5 Å². The first-order valence-electron chi connectivity index (χ1n) is 5.22. The molecule has 0 amide bonds. The van der Waals surface area contributed by atoms with Crippen molar-refractivity contribution in [3.63, 3.8) is 0 Å². The average molecular weight is 192 g/mol. The summed E-state index contributed by atoms with van der Waals surface area (Å²) < 4.78 is 0. The zero-order valence-corrected chi connectivity index (χ0v) is 8.34. The molecule has 3 heterocycles. The standard InChI is InChI=1S/C10H16N4/c1-2-8-7-14-4-3-9(8)5-10(14)6-12-13-11/h2,8-10H,1,3-7H2. The predicted molar refractivity (Wildman–Crippen MR) is 55.8 cm³/mol. The first kappa shape index (κ1) is 9.56. The molecular weight excluding hydrogens is 176 g/mol. The Morgan fingerprint density at radius 1 is 1.64 bits per heavy atom. The van der Waals surface area contributed by atoms with Gasteiger partial charge < -0.3 is 0 Å². The van der Waals surface area contributed by atoms with Crippen LogP contribution in [-0.4, -0.2) is 30.6 Å². The molecule has 2 bridgehead atoms. The van der Waals surface area contributed by atoms with E-state index in [0.717, 1.165) is 12.5 Å². The number of nitrogens with zero attached hydrogens (tertiary/aromatic N) is 4. The van der Waals surface area contributed by atoms with Gasteiger partial charge in [0.25, 0.3) is 0 Å². The highest BCUT2D eigenvalue weighted by Crippen LogP contribution is 2.36. The predicted octanol–water partition coefficient (Wildman–Crippen LogP) is 2.19. The number of piperidine rings is 3. The van der Waals surface area contributed by atoms with E-state index in [1.165, 1.54) is 19.4 Å². The molecule has 3 saturated heterocycles. The summed E-state index contributed by atoms with van der Waals surface area (Å²) in [6.45, 7) is 6.80. The highest BCUT2D eigenvalue weighted by Gasteiger charge is 2.38. The Balaban J connectivity index is 2.00. The van der Waals surface area contributed by atoms with E-state index >= 15 is 0 Å². The van der Waals surface area contributed by atoms with Gasteiger partial charge in [-0.05, 0) is 36.8 Å². The number of rotatable bonds is 3. The van der Waals surface area contributed by atoms with Gasteiger partial charge >= 0.3 is 0 Å². The third-order valence-corrected chi connectivity index (χ3v) is 3.59. The van der Waals surface area contributed by atoms with Gasteiger partial charge in [-0.15, -0.1) is 6.58 Å². The summed E-state index contributed by atoms with van der Waals surface area (Å²) in [4.78, 5) is 5.28. The highest BCUT2D eigenvalue weighted by molar-refractivity contribution is 4.99. The van der Waals surface area contributed by atoms with Crippen LogP contribution in [0.3, 0.4) is 0 Å². The van der Waals surface area contributed by atoms with Gasteiger partial charge in [0.2, 0.25) is 0 Å². The molecule has 0 aromatic carbocycles. The second-order valence-electron chi connectivity index (χ2n) is 4.25. The van der Waals surface area contributed by atoms with E-state index < -0.39 is 0 Å². The lowest BCUT2D eigenvalue weighted by molar-refractivity contribution is 0.0234. The lowest BCUT2D eigenvalue weighted by atomic mass is 9.76. The molecule has 3 aliphatic rings. The Hall–Kier alpha value is -0.990. The molecule has 4 unspecified atom stereocenters. The van der Waals surface area contributed by atoms with Gasteiger partial charge in [-0.3, -0.25) is 4.90 Å². The SMILES string of the molecule is C=CC1CN2CCC1CC2CN=[N+]=[N-]. The minimum absolute atomic E-state index is 0.487. The van der Waals surface area contributed by atoms with Crippen molar-refractivity contribution < 1.29 is 0 Å². The number of azide groups is 1. The molecule has 4 atom stereocenters. The molecule has 0 aromatic rings. The largest absolute Gasteiger partial charge is 0.300 e. The third-order valence-electron chi connectivity index (χ3n) is 3.59. The van der Waals surface area contributed by atoms with Crippen LogP contribution in [0.15, 0.2) is 17.8 Å². The maximum absolute atomic E-state index is 8.29. The van der Waals surface area contributed by atoms with Gasteiger partial charge in [-0.2, -0.15) is 0 Å². The minimum atomic E-state index is 0.487. The van der Waals surface area contributed by atoms with Gasteiger partial charge in [0, 0.05) is 24.0 Å². The fourth-order valence-corrected chi connectivity index (χ4v) is 2.77. The molecule has 4 heteroatoms. The van der Waals surface area contributed by atoms with Crippen LogP contribution in [0.25, 0.3) is 10.4 Å². The van der Waals surface area contributed by atoms with Gasteiger partial charge in [0.1, 0.15) is 0 Å². The number of fused-ring (bicyclic) bond motifs is 3. The normalized spacial score (nSPS) is 40.3. The highest BCUT2D eigenvalue weighted by atomic mass is 15.2. The Morgan fingerprint density at radius 3 is 3.07 bits per heavy atom. The Labute approximate surface area is 84.2 Å². The second-order valence-corrected chi connectivity index (χ2v) is 4.25. The van der Waals surface area contributed by atoms with Crippen LogP contribution in [0.2, 0.25) is 0 Å². The van der Waals surface area contributed by atoms with E-state index in [-0.39, 0.29) is 0 Å². The Morgan fingerprint density at radius 2 is 2.50 bits per heavy atom. The summed E-state index contributed by atoms with van der Waals surface area (Å²) >= 11 is 0. The van der Waals surface area contributed by atoms with E-state index in [1.807, 2.05) is 0 Å². The Kier molecular flexibility index (Phi) is 2.75. The summed E-state index contributed by atoms with van der Waals surface area (Å²) in [5, 5.41) is 3.68. The van der Waals surface area contributed by atoms with Crippen LogP contribution < -0.4 is 0 Å². The van der Waals surface area contributed by atoms with Gasteiger partial charge in [0.05, 0.1) is 0 Å². The Bertz CT molecular complexity index is 269. The summed E-state index contributed by atoms with van der Waals surface area (Å²) in [6, 6.07) is 0.487. The molecule has 0 radical (unpaired) electrons. The summed E-state index contributed by atoms with van der Waals surface area (Å²) in [5.74, 6) is 1.43. The van der Waals surface area contributed by atoms with Gasteiger partial charge in [-0.1, -0.05) is 11.2 Å². The average Bonchev–Trinajstić information content (AvgIpc) is 2.27. The quantitative estimate of drug-likeness (QED) is 0.292. The van der Waals surface area contributed by atoms with Crippen molar-refractivity contribution in [3.8, 4) is 0 Å². The van der Waals surface area contributed by atoms with Crippen molar-refractivity contribution in [3.05, 3.63) is 23.1 Å². The van der Waals surface area contributed by atoms with Crippen molar-refractivity contribution in [1.82, 2.24) is 4.90 Å². The van der Waals surface area contributed by atoms with Crippen LogP contribution >= 0.6 is 0 Å². The van der Waals surface area contributed by atoms with Crippen molar-refractivity contribution in [2.24, 2.45) is 17.0 Å². The molecule has 0 N–H and O–H groups in total. The topological polar surface area (TPSA) is 52.0 Å². The molecule has 0 spiro atoms. The first-order chi connectivity index (χ1) is 6.85. The lowest BCUT2D eigenvalue weighted by Crippen LogP contribution is -2.53. The molecule has 0 saturated carbocycles. The smallest absolute Gasteiger partial charge is 0.0414 e. The fraction of sp³-hybridized carbons (Fsp3) is 0.800. The molecular formula is C10H16N4. The zero-order valence-electron chi connectivity index (χ0n) is 8.34. The van der Waals surface area contributed by atoms with Crippen LogP contribution in [0, 0.1) is 11.8 Å². The van der Waals surface area contributed by atoms with E-state index in [9.17, 15) is 0 Å². The van der Waals surface area contributed by atoms with Crippen LogP contribution in [-0.2, 0) is 0 Å². The molecule has 3 aliphatic heterocycles. The summed E-state index contributed by atoms with van der Waals surface area (Å²) in [5.41, 5.74) is 8.29. The van der Waals surface area contributed by atoms with Crippen molar-refractivity contribution in [1.29, 1.82) is 0 Å². The maximum atomic E-state index is 8.29. The monoisotopic (exact) mass is 192 g/mol. The minimum Gasteiger partial charge on any atom is -0.300 e. The molecule has 3 rings (SSSR count).